The fourth-order valence-electron chi connectivity index (χ4n) is 3.55. The van der Waals surface area contributed by atoms with E-state index < -0.39 is 0 Å². The number of piperidine rings is 1. The molecule has 1 saturated heterocycles. The Morgan fingerprint density at radius 1 is 0.960 bits per heavy atom. The van der Waals surface area contributed by atoms with Gasteiger partial charge in [-0.25, -0.2) is 9.97 Å². The van der Waals surface area contributed by atoms with Crippen molar-refractivity contribution < 1.29 is 4.79 Å². The SMILES string of the molecule is Nc1nc(C2CCN(C(=O)c3ccccc3)CC2)c2ccccc2n1. The van der Waals surface area contributed by atoms with Crippen molar-refractivity contribution in [2.75, 3.05) is 18.8 Å². The van der Waals surface area contributed by atoms with Crippen LogP contribution >= 0.6 is 0 Å². The van der Waals surface area contributed by atoms with Gasteiger partial charge in [0.25, 0.3) is 5.91 Å². The summed E-state index contributed by atoms with van der Waals surface area (Å²) in [4.78, 5) is 23.4. The van der Waals surface area contributed by atoms with Crippen LogP contribution in [-0.4, -0.2) is 33.9 Å². The lowest BCUT2D eigenvalue weighted by Gasteiger charge is -2.32. The Hall–Kier alpha value is -2.95. The molecule has 0 bridgehead atoms. The van der Waals surface area contributed by atoms with Crippen LogP contribution in [0.5, 0.6) is 0 Å². The van der Waals surface area contributed by atoms with Crippen molar-refractivity contribution in [3.63, 3.8) is 0 Å². The first-order valence-corrected chi connectivity index (χ1v) is 8.59. The molecule has 25 heavy (non-hydrogen) atoms. The van der Waals surface area contributed by atoms with E-state index in [1.54, 1.807) is 0 Å². The van der Waals surface area contributed by atoms with Crippen LogP contribution in [0.2, 0.25) is 0 Å². The standard InChI is InChI=1S/C20H20N4O/c21-20-22-17-9-5-4-8-16(17)18(23-20)14-10-12-24(13-11-14)19(25)15-6-2-1-3-7-15/h1-9,14H,10-13H2,(H2,21,22,23). The number of para-hydroxylation sites is 1. The van der Waals surface area contributed by atoms with Crippen molar-refractivity contribution >= 4 is 22.8 Å². The van der Waals surface area contributed by atoms with Gasteiger partial charge < -0.3 is 10.6 Å². The topological polar surface area (TPSA) is 72.1 Å². The van der Waals surface area contributed by atoms with Gasteiger partial charge in [-0.15, -0.1) is 0 Å². The first-order chi connectivity index (χ1) is 12.2. The number of amides is 1. The number of anilines is 1. The summed E-state index contributed by atoms with van der Waals surface area (Å²) in [6.45, 7) is 1.47. The van der Waals surface area contributed by atoms with E-state index in [1.807, 2.05) is 59.5 Å². The third-order valence-electron chi connectivity index (χ3n) is 4.84. The van der Waals surface area contributed by atoms with Crippen molar-refractivity contribution in [3.05, 3.63) is 65.9 Å². The number of rotatable bonds is 2. The summed E-state index contributed by atoms with van der Waals surface area (Å²) in [5, 5.41) is 1.06. The molecule has 0 unspecified atom stereocenters. The van der Waals surface area contributed by atoms with E-state index >= 15 is 0 Å². The molecule has 1 aliphatic rings. The number of fused-ring (bicyclic) bond motifs is 1. The smallest absolute Gasteiger partial charge is 0.253 e. The van der Waals surface area contributed by atoms with Crippen molar-refractivity contribution in [2.24, 2.45) is 0 Å². The Morgan fingerprint density at radius 3 is 2.40 bits per heavy atom. The van der Waals surface area contributed by atoms with Crippen LogP contribution in [0, 0.1) is 0 Å². The monoisotopic (exact) mass is 332 g/mol. The number of hydrogen-bond donors (Lipinski definition) is 1. The predicted molar refractivity (Wildman–Crippen MR) is 98.3 cm³/mol. The highest BCUT2D eigenvalue weighted by Gasteiger charge is 2.26. The van der Waals surface area contributed by atoms with Gasteiger partial charge in [0.2, 0.25) is 5.95 Å². The van der Waals surface area contributed by atoms with Crippen LogP contribution in [0.1, 0.15) is 34.8 Å². The maximum Gasteiger partial charge on any atom is 0.253 e. The number of benzene rings is 2. The van der Waals surface area contributed by atoms with Crippen LogP contribution in [0.25, 0.3) is 10.9 Å². The van der Waals surface area contributed by atoms with Crippen molar-refractivity contribution in [1.29, 1.82) is 0 Å². The lowest BCUT2D eigenvalue weighted by atomic mass is 9.90. The van der Waals surface area contributed by atoms with Gasteiger partial charge >= 0.3 is 0 Å². The van der Waals surface area contributed by atoms with E-state index in [-0.39, 0.29) is 5.91 Å². The van der Waals surface area contributed by atoms with Gasteiger partial charge in [0.05, 0.1) is 11.2 Å². The van der Waals surface area contributed by atoms with Crippen LogP contribution in [0.4, 0.5) is 5.95 Å². The molecule has 3 aromatic rings. The van der Waals surface area contributed by atoms with Gasteiger partial charge in [-0.2, -0.15) is 0 Å². The maximum absolute atomic E-state index is 12.6. The zero-order valence-electron chi connectivity index (χ0n) is 13.9. The van der Waals surface area contributed by atoms with Crippen molar-refractivity contribution in [3.8, 4) is 0 Å². The Balaban J connectivity index is 1.54. The number of hydrogen-bond acceptors (Lipinski definition) is 4. The van der Waals surface area contributed by atoms with Crippen LogP contribution < -0.4 is 5.73 Å². The van der Waals surface area contributed by atoms with E-state index in [9.17, 15) is 4.79 Å². The van der Waals surface area contributed by atoms with Crippen molar-refractivity contribution in [1.82, 2.24) is 14.9 Å². The molecule has 0 aliphatic carbocycles. The van der Waals surface area contributed by atoms with Crippen LogP contribution in [0.3, 0.4) is 0 Å². The highest BCUT2D eigenvalue weighted by molar-refractivity contribution is 5.94. The fourth-order valence-corrected chi connectivity index (χ4v) is 3.55. The van der Waals surface area contributed by atoms with Gasteiger partial charge in [0, 0.05) is 30.0 Å². The zero-order chi connectivity index (χ0) is 17.2. The number of nitrogen functional groups attached to an aromatic ring is 1. The quantitative estimate of drug-likeness (QED) is 0.782. The average molecular weight is 332 g/mol. The number of nitrogens with two attached hydrogens (primary N) is 1. The molecule has 0 saturated carbocycles. The second-order valence-electron chi connectivity index (χ2n) is 6.42. The number of nitrogens with zero attached hydrogens (tertiary/aromatic N) is 3. The number of carbonyl (C=O) groups excluding carboxylic acids is 1. The molecule has 5 nitrogen and oxygen atoms in total. The highest BCUT2D eigenvalue weighted by Crippen LogP contribution is 2.32. The first kappa shape index (κ1) is 15.6. The summed E-state index contributed by atoms with van der Waals surface area (Å²) in [6, 6.07) is 17.4. The molecule has 126 valence electrons. The summed E-state index contributed by atoms with van der Waals surface area (Å²) in [6.07, 6.45) is 1.78. The molecule has 2 N–H and O–H groups in total. The maximum atomic E-state index is 12.6. The zero-order valence-corrected chi connectivity index (χ0v) is 13.9. The Morgan fingerprint density at radius 2 is 1.64 bits per heavy atom. The summed E-state index contributed by atoms with van der Waals surface area (Å²) >= 11 is 0. The van der Waals surface area contributed by atoms with Gasteiger partial charge in [-0.05, 0) is 31.0 Å². The molecule has 1 aromatic heterocycles. The number of aromatic nitrogens is 2. The van der Waals surface area contributed by atoms with Gasteiger partial charge in [0.1, 0.15) is 0 Å². The molecule has 1 aliphatic heterocycles. The molecule has 2 heterocycles. The second kappa shape index (κ2) is 6.51. The molecular weight excluding hydrogens is 312 g/mol. The first-order valence-electron chi connectivity index (χ1n) is 8.59. The predicted octanol–water partition coefficient (Wildman–Crippen LogP) is 3.23. The molecule has 0 spiro atoms. The third-order valence-corrected chi connectivity index (χ3v) is 4.84. The highest BCUT2D eigenvalue weighted by atomic mass is 16.2. The number of carbonyl (C=O) groups is 1. The van der Waals surface area contributed by atoms with Gasteiger partial charge in [0.15, 0.2) is 0 Å². The average Bonchev–Trinajstić information content (AvgIpc) is 2.67. The molecule has 2 aromatic carbocycles. The summed E-state index contributed by atoms with van der Waals surface area (Å²) in [7, 11) is 0. The summed E-state index contributed by atoms with van der Waals surface area (Å²) < 4.78 is 0. The van der Waals surface area contributed by atoms with Gasteiger partial charge in [-0.1, -0.05) is 36.4 Å². The Kier molecular flexibility index (Phi) is 4.06. The van der Waals surface area contributed by atoms with E-state index in [4.69, 9.17) is 5.73 Å². The molecule has 1 fully saturated rings. The minimum Gasteiger partial charge on any atom is -0.368 e. The van der Waals surface area contributed by atoms with E-state index in [2.05, 4.69) is 9.97 Å². The Labute approximate surface area is 146 Å². The fraction of sp³-hybridized carbons (Fsp3) is 0.250. The van der Waals surface area contributed by atoms with Crippen molar-refractivity contribution in [2.45, 2.75) is 18.8 Å². The van der Waals surface area contributed by atoms with Crippen LogP contribution in [0.15, 0.2) is 54.6 Å². The molecule has 0 radical (unpaired) electrons. The molecule has 5 heteroatoms. The molecule has 1 amide bonds. The summed E-state index contributed by atoms with van der Waals surface area (Å²) in [5.74, 6) is 0.720. The van der Waals surface area contributed by atoms with E-state index in [0.29, 0.717) is 11.9 Å². The summed E-state index contributed by atoms with van der Waals surface area (Å²) in [5.41, 5.74) is 8.54. The lowest BCUT2D eigenvalue weighted by Crippen LogP contribution is -2.38. The van der Waals surface area contributed by atoms with E-state index in [0.717, 1.165) is 48.1 Å². The molecule has 4 rings (SSSR count). The van der Waals surface area contributed by atoms with E-state index in [1.165, 1.54) is 0 Å². The number of likely N-dealkylation sites (tertiary alicyclic amines) is 1. The van der Waals surface area contributed by atoms with Crippen LogP contribution in [-0.2, 0) is 0 Å². The minimum atomic E-state index is 0.103. The minimum absolute atomic E-state index is 0.103. The molecular formula is C20H20N4O. The molecule has 0 atom stereocenters. The second-order valence-corrected chi connectivity index (χ2v) is 6.42. The normalized spacial score (nSPS) is 15.4. The third kappa shape index (κ3) is 3.05. The van der Waals surface area contributed by atoms with Gasteiger partial charge in [-0.3, -0.25) is 4.79 Å². The largest absolute Gasteiger partial charge is 0.368 e. The Bertz CT molecular complexity index is 902. The lowest BCUT2D eigenvalue weighted by molar-refractivity contribution is 0.0712.